The summed E-state index contributed by atoms with van der Waals surface area (Å²) >= 11 is 11.6. The first-order valence-corrected chi connectivity index (χ1v) is 6.29. The highest BCUT2D eigenvalue weighted by atomic mass is 35.5. The predicted octanol–water partition coefficient (Wildman–Crippen LogP) is 4.55. The lowest BCUT2D eigenvalue weighted by molar-refractivity contribution is 0.178. The summed E-state index contributed by atoms with van der Waals surface area (Å²) in [5, 5.41) is 10.6. The first-order chi connectivity index (χ1) is 8.95. The third kappa shape index (κ3) is 3.66. The van der Waals surface area contributed by atoms with E-state index in [1.54, 1.807) is 0 Å². The summed E-state index contributed by atoms with van der Waals surface area (Å²) in [4.78, 5) is 0. The Kier molecular flexibility index (Phi) is 4.40. The maximum atomic E-state index is 13.2. The summed E-state index contributed by atoms with van der Waals surface area (Å²) in [6, 6.07) is 7.68. The Morgan fingerprint density at radius 3 is 2.42 bits per heavy atom. The fraction of sp³-hybridized carbons (Fsp3) is 0.143. The van der Waals surface area contributed by atoms with Crippen LogP contribution in [0.15, 0.2) is 36.4 Å². The Morgan fingerprint density at radius 1 is 1.00 bits per heavy atom. The Labute approximate surface area is 119 Å². The topological polar surface area (TPSA) is 20.2 Å². The van der Waals surface area contributed by atoms with Crippen LogP contribution in [-0.2, 0) is 6.42 Å². The molecule has 1 atom stereocenters. The Balaban J connectivity index is 2.25. The van der Waals surface area contributed by atoms with Crippen molar-refractivity contribution in [2.75, 3.05) is 0 Å². The lowest BCUT2D eigenvalue weighted by atomic mass is 10.0. The summed E-state index contributed by atoms with van der Waals surface area (Å²) in [7, 11) is 0. The van der Waals surface area contributed by atoms with Gasteiger partial charge >= 0.3 is 0 Å². The molecule has 0 aliphatic heterocycles. The number of hydrogen-bond acceptors (Lipinski definition) is 1. The number of hydrogen-bond donors (Lipinski definition) is 1. The van der Waals surface area contributed by atoms with Gasteiger partial charge in [0.05, 0.1) is 6.10 Å². The highest BCUT2D eigenvalue weighted by Gasteiger charge is 2.13. The van der Waals surface area contributed by atoms with Crippen molar-refractivity contribution >= 4 is 23.2 Å². The van der Waals surface area contributed by atoms with Crippen LogP contribution in [0.2, 0.25) is 10.0 Å². The van der Waals surface area contributed by atoms with Gasteiger partial charge in [0.25, 0.3) is 0 Å². The van der Waals surface area contributed by atoms with Crippen LogP contribution in [0.5, 0.6) is 0 Å². The smallest absolute Gasteiger partial charge is 0.125 e. The van der Waals surface area contributed by atoms with E-state index in [9.17, 15) is 13.9 Å². The van der Waals surface area contributed by atoms with Gasteiger partial charge in [-0.05, 0) is 47.5 Å². The second kappa shape index (κ2) is 5.87. The van der Waals surface area contributed by atoms with Crippen LogP contribution >= 0.6 is 23.2 Å². The Morgan fingerprint density at radius 2 is 1.74 bits per heavy atom. The molecule has 1 unspecified atom stereocenters. The monoisotopic (exact) mass is 302 g/mol. The van der Waals surface area contributed by atoms with Gasteiger partial charge in [-0.25, -0.2) is 8.78 Å². The molecule has 2 rings (SSSR count). The lowest BCUT2D eigenvalue weighted by Crippen LogP contribution is -2.03. The van der Waals surface area contributed by atoms with Gasteiger partial charge in [0.1, 0.15) is 11.6 Å². The Bertz CT molecular complexity index is 582. The number of aliphatic hydroxyl groups is 1. The summed E-state index contributed by atoms with van der Waals surface area (Å²) in [5.74, 6) is -0.976. The molecule has 0 radical (unpaired) electrons. The maximum absolute atomic E-state index is 13.2. The first kappa shape index (κ1) is 14.3. The third-order valence-electron chi connectivity index (χ3n) is 2.69. The summed E-state index contributed by atoms with van der Waals surface area (Å²) in [6.45, 7) is 0. The van der Waals surface area contributed by atoms with E-state index in [-0.39, 0.29) is 11.4 Å². The fourth-order valence-corrected chi connectivity index (χ4v) is 2.22. The average Bonchev–Trinajstić information content (AvgIpc) is 2.32. The number of rotatable bonds is 3. The van der Waals surface area contributed by atoms with Crippen molar-refractivity contribution in [3.63, 3.8) is 0 Å². The SMILES string of the molecule is OC(Cc1cc(F)ccc1Cl)c1cc(F)cc(Cl)c1. The molecule has 19 heavy (non-hydrogen) atoms. The third-order valence-corrected chi connectivity index (χ3v) is 3.28. The fourth-order valence-electron chi connectivity index (χ4n) is 1.79. The number of aliphatic hydroxyl groups excluding tert-OH is 1. The van der Waals surface area contributed by atoms with E-state index >= 15 is 0 Å². The van der Waals surface area contributed by atoms with Gasteiger partial charge in [-0.2, -0.15) is 0 Å². The van der Waals surface area contributed by atoms with Gasteiger partial charge < -0.3 is 5.11 Å². The standard InChI is InChI=1S/C14H10Cl2F2O/c15-10-3-9(5-12(18)7-10)14(19)6-8-4-11(17)1-2-13(8)16/h1-5,7,14,19H,6H2. The van der Waals surface area contributed by atoms with Gasteiger partial charge in [0.2, 0.25) is 0 Å². The second-order valence-electron chi connectivity index (χ2n) is 4.16. The van der Waals surface area contributed by atoms with E-state index in [4.69, 9.17) is 23.2 Å². The molecule has 0 aromatic heterocycles. The largest absolute Gasteiger partial charge is 0.388 e. The quantitative estimate of drug-likeness (QED) is 0.882. The van der Waals surface area contributed by atoms with Crippen molar-refractivity contribution in [2.24, 2.45) is 0 Å². The minimum atomic E-state index is -1.01. The zero-order chi connectivity index (χ0) is 14.0. The zero-order valence-corrected chi connectivity index (χ0v) is 11.2. The molecule has 5 heteroatoms. The molecule has 1 N–H and O–H groups in total. The van der Waals surface area contributed by atoms with Crippen LogP contribution in [0.1, 0.15) is 17.2 Å². The Hall–Kier alpha value is -1.16. The number of halogens is 4. The molecule has 0 saturated carbocycles. The summed E-state index contributed by atoms with van der Waals surface area (Å²) in [6.07, 6.45) is -0.927. The van der Waals surface area contributed by atoms with E-state index in [2.05, 4.69) is 0 Å². The molecule has 0 heterocycles. The van der Waals surface area contributed by atoms with Gasteiger partial charge in [0.15, 0.2) is 0 Å². The molecule has 0 saturated heterocycles. The first-order valence-electron chi connectivity index (χ1n) is 5.53. The van der Waals surface area contributed by atoms with Crippen LogP contribution < -0.4 is 0 Å². The molecule has 0 amide bonds. The maximum Gasteiger partial charge on any atom is 0.125 e. The van der Waals surface area contributed by atoms with Crippen molar-refractivity contribution in [3.05, 3.63) is 69.2 Å². The molecule has 100 valence electrons. The van der Waals surface area contributed by atoms with Gasteiger partial charge in [-0.15, -0.1) is 0 Å². The lowest BCUT2D eigenvalue weighted by Gasteiger charge is -2.13. The molecule has 0 fully saturated rings. The molecule has 2 aromatic rings. The van der Waals surface area contributed by atoms with Crippen LogP contribution in [-0.4, -0.2) is 5.11 Å². The zero-order valence-electron chi connectivity index (χ0n) is 9.71. The van der Waals surface area contributed by atoms with Gasteiger partial charge in [0, 0.05) is 16.5 Å². The second-order valence-corrected chi connectivity index (χ2v) is 5.00. The summed E-state index contributed by atoms with van der Waals surface area (Å²) in [5.41, 5.74) is 0.778. The van der Waals surface area contributed by atoms with Crippen molar-refractivity contribution < 1.29 is 13.9 Å². The molecule has 0 aliphatic carbocycles. The van der Waals surface area contributed by atoms with Crippen LogP contribution in [0.25, 0.3) is 0 Å². The molecule has 2 aromatic carbocycles. The van der Waals surface area contributed by atoms with Crippen molar-refractivity contribution in [2.45, 2.75) is 12.5 Å². The van der Waals surface area contributed by atoms with E-state index in [0.29, 0.717) is 16.1 Å². The van der Waals surface area contributed by atoms with Crippen molar-refractivity contribution in [1.82, 2.24) is 0 Å². The molecular formula is C14H10Cl2F2O. The number of benzene rings is 2. The van der Waals surface area contributed by atoms with E-state index < -0.39 is 17.7 Å². The molecule has 0 aliphatic rings. The average molecular weight is 303 g/mol. The molecular weight excluding hydrogens is 293 g/mol. The highest BCUT2D eigenvalue weighted by Crippen LogP contribution is 2.26. The molecule has 0 spiro atoms. The normalized spacial score (nSPS) is 12.5. The molecule has 1 nitrogen and oxygen atoms in total. The van der Waals surface area contributed by atoms with Crippen LogP contribution in [0.3, 0.4) is 0 Å². The van der Waals surface area contributed by atoms with Crippen LogP contribution in [0.4, 0.5) is 8.78 Å². The van der Waals surface area contributed by atoms with Gasteiger partial charge in [-0.1, -0.05) is 23.2 Å². The highest BCUT2D eigenvalue weighted by molar-refractivity contribution is 6.31. The predicted molar refractivity (Wildman–Crippen MR) is 71.5 cm³/mol. The van der Waals surface area contributed by atoms with E-state index in [1.165, 1.54) is 30.3 Å². The van der Waals surface area contributed by atoms with E-state index in [1.807, 2.05) is 0 Å². The minimum absolute atomic E-state index is 0.0797. The summed E-state index contributed by atoms with van der Waals surface area (Å²) < 4.78 is 26.3. The van der Waals surface area contributed by atoms with Crippen molar-refractivity contribution in [3.8, 4) is 0 Å². The van der Waals surface area contributed by atoms with E-state index in [0.717, 1.165) is 6.07 Å². The molecule has 0 bridgehead atoms. The van der Waals surface area contributed by atoms with Crippen molar-refractivity contribution in [1.29, 1.82) is 0 Å². The van der Waals surface area contributed by atoms with Gasteiger partial charge in [-0.3, -0.25) is 0 Å². The van der Waals surface area contributed by atoms with Crippen LogP contribution in [0, 0.1) is 11.6 Å². The minimum Gasteiger partial charge on any atom is -0.388 e.